The Balaban J connectivity index is 3.23. The number of carbonyl (C=O) groups excluding carboxylic acids is 1. The highest BCUT2D eigenvalue weighted by Gasteiger charge is 2.35. The van der Waals surface area contributed by atoms with Crippen LogP contribution in [0, 0.1) is 0 Å². The summed E-state index contributed by atoms with van der Waals surface area (Å²) in [7, 11) is -1.12. The van der Waals surface area contributed by atoms with Gasteiger partial charge in [-0.05, 0) is 72.2 Å². The van der Waals surface area contributed by atoms with Gasteiger partial charge >= 0.3 is 14.5 Å². The third kappa shape index (κ3) is 9.16. The van der Waals surface area contributed by atoms with Crippen LogP contribution in [0.3, 0.4) is 0 Å². The fourth-order valence-corrected chi connectivity index (χ4v) is 6.69. The molecule has 0 aromatic heterocycles. The van der Waals surface area contributed by atoms with E-state index in [-0.39, 0.29) is 24.3 Å². The van der Waals surface area contributed by atoms with Crippen LogP contribution in [-0.2, 0) is 35.6 Å². The molecule has 0 aliphatic carbocycles. The van der Waals surface area contributed by atoms with E-state index in [2.05, 4.69) is 12.6 Å². The zero-order valence-electron chi connectivity index (χ0n) is 20.1. The molecule has 0 aliphatic heterocycles. The van der Waals surface area contributed by atoms with E-state index in [4.69, 9.17) is 23.1 Å². The molecule has 0 heterocycles. The third-order valence-electron chi connectivity index (χ3n) is 4.23. The number of carbonyl (C=O) groups is 1. The Kier molecular flexibility index (Phi) is 11.0. The summed E-state index contributed by atoms with van der Waals surface area (Å²) < 4.78 is 29.1. The van der Waals surface area contributed by atoms with E-state index in [9.17, 15) is 4.79 Å². The van der Waals surface area contributed by atoms with Gasteiger partial charge in [-0.3, -0.25) is 0 Å². The van der Waals surface area contributed by atoms with Crippen molar-refractivity contribution in [3.8, 4) is 5.75 Å². The Bertz CT molecular complexity index is 649. The second kappa shape index (κ2) is 12.4. The van der Waals surface area contributed by atoms with Crippen LogP contribution in [0.25, 0.3) is 0 Å². The minimum atomic E-state index is -2.50. The summed E-state index contributed by atoms with van der Waals surface area (Å²) in [5, 5.41) is 0. The molecular formula is C23H40O6Si. The maximum atomic E-state index is 12.2. The lowest BCUT2D eigenvalue weighted by Crippen LogP contribution is -2.45. The molecule has 0 fully saturated rings. The standard InChI is InChI=1S/C23H40O6Si/c1-10-26-21-12-11-19(14-22(23(24)25-8)27-16(2)3)13-20(21)15-30(9,28-17(4)5)29-18(6)7/h11-13,16-18,22H,10,14-15H2,1-9H3/t22-/m0/s1. The van der Waals surface area contributed by atoms with Gasteiger partial charge in [0.1, 0.15) is 5.75 Å². The fourth-order valence-electron chi connectivity index (χ4n) is 3.51. The van der Waals surface area contributed by atoms with Gasteiger partial charge in [0.2, 0.25) is 0 Å². The zero-order chi connectivity index (χ0) is 22.9. The largest absolute Gasteiger partial charge is 0.494 e. The number of methoxy groups -OCH3 is 1. The molecule has 1 rings (SSSR count). The Labute approximate surface area is 183 Å². The van der Waals surface area contributed by atoms with Gasteiger partial charge in [0.05, 0.1) is 19.8 Å². The molecule has 0 radical (unpaired) electrons. The predicted octanol–water partition coefficient (Wildman–Crippen LogP) is 4.60. The molecule has 7 heteroatoms. The maximum Gasteiger partial charge on any atom is 0.340 e. The van der Waals surface area contributed by atoms with Crippen LogP contribution in [0.15, 0.2) is 18.2 Å². The normalized spacial score (nSPS) is 13.2. The van der Waals surface area contributed by atoms with Gasteiger partial charge in [0.15, 0.2) is 6.10 Å². The first kappa shape index (κ1) is 26.6. The first-order valence-corrected chi connectivity index (χ1v) is 13.4. The SMILES string of the molecule is CCOc1ccc(C[C@H](OC(C)C)C(=O)OC)cc1C[Si](C)(OC(C)C)OC(C)C. The lowest BCUT2D eigenvalue weighted by molar-refractivity contribution is -0.156. The maximum absolute atomic E-state index is 12.2. The highest BCUT2D eigenvalue weighted by molar-refractivity contribution is 6.65. The molecule has 0 spiro atoms. The van der Waals surface area contributed by atoms with Crippen LogP contribution in [0.4, 0.5) is 0 Å². The Morgan fingerprint density at radius 1 is 1.00 bits per heavy atom. The highest BCUT2D eigenvalue weighted by atomic mass is 28.4. The van der Waals surface area contributed by atoms with Crippen molar-refractivity contribution in [2.24, 2.45) is 0 Å². The molecule has 1 aromatic carbocycles. The van der Waals surface area contributed by atoms with Crippen LogP contribution in [0.2, 0.25) is 6.55 Å². The minimum absolute atomic E-state index is 0.0716. The summed E-state index contributed by atoms with van der Waals surface area (Å²) in [6.45, 7) is 16.5. The number of hydrogen-bond donors (Lipinski definition) is 0. The topological polar surface area (TPSA) is 63.2 Å². The summed E-state index contributed by atoms with van der Waals surface area (Å²) in [6.07, 6.45) is -0.155. The van der Waals surface area contributed by atoms with Gasteiger partial charge in [-0.1, -0.05) is 12.1 Å². The lowest BCUT2D eigenvalue weighted by Gasteiger charge is -2.32. The second-order valence-corrected chi connectivity index (χ2v) is 11.5. The summed E-state index contributed by atoms with van der Waals surface area (Å²) in [4.78, 5) is 12.2. The number of rotatable bonds is 13. The molecule has 0 unspecified atom stereocenters. The van der Waals surface area contributed by atoms with Crippen LogP contribution in [-0.4, -0.2) is 52.7 Å². The minimum Gasteiger partial charge on any atom is -0.494 e. The molecule has 0 saturated carbocycles. The number of benzene rings is 1. The zero-order valence-corrected chi connectivity index (χ0v) is 21.1. The number of ether oxygens (including phenoxy) is 3. The van der Waals surface area contributed by atoms with Crippen molar-refractivity contribution in [2.75, 3.05) is 13.7 Å². The van der Waals surface area contributed by atoms with E-state index in [1.54, 1.807) is 0 Å². The summed E-state index contributed by atoms with van der Waals surface area (Å²) in [6, 6.07) is 6.65. The number of hydrogen-bond acceptors (Lipinski definition) is 6. The fraction of sp³-hybridized carbons (Fsp3) is 0.696. The average molecular weight is 441 g/mol. The van der Waals surface area contributed by atoms with Crippen molar-refractivity contribution in [2.45, 2.75) is 91.9 Å². The van der Waals surface area contributed by atoms with Gasteiger partial charge in [0, 0.05) is 24.7 Å². The average Bonchev–Trinajstić information content (AvgIpc) is 2.60. The lowest BCUT2D eigenvalue weighted by atomic mass is 10.0. The van der Waals surface area contributed by atoms with Crippen LogP contribution >= 0.6 is 0 Å². The van der Waals surface area contributed by atoms with E-state index >= 15 is 0 Å². The van der Waals surface area contributed by atoms with Crippen molar-refractivity contribution < 1.29 is 27.9 Å². The van der Waals surface area contributed by atoms with Crippen molar-refractivity contribution in [1.29, 1.82) is 0 Å². The Morgan fingerprint density at radius 2 is 1.60 bits per heavy atom. The molecule has 0 saturated heterocycles. The molecule has 0 amide bonds. The molecule has 0 N–H and O–H groups in total. The predicted molar refractivity (Wildman–Crippen MR) is 121 cm³/mol. The van der Waals surface area contributed by atoms with Crippen LogP contribution in [0.1, 0.15) is 59.6 Å². The number of esters is 1. The summed E-state index contributed by atoms with van der Waals surface area (Å²) >= 11 is 0. The van der Waals surface area contributed by atoms with Crippen LogP contribution in [0.5, 0.6) is 5.75 Å². The molecule has 1 aromatic rings. The van der Waals surface area contributed by atoms with E-state index in [1.807, 2.05) is 60.6 Å². The van der Waals surface area contributed by atoms with Crippen LogP contribution < -0.4 is 4.74 Å². The quantitative estimate of drug-likeness (QED) is 0.330. The van der Waals surface area contributed by atoms with Crippen molar-refractivity contribution >= 4 is 14.5 Å². The highest BCUT2D eigenvalue weighted by Crippen LogP contribution is 2.28. The van der Waals surface area contributed by atoms with Crippen molar-refractivity contribution in [3.05, 3.63) is 29.3 Å². The molecule has 172 valence electrons. The Morgan fingerprint density at radius 3 is 2.07 bits per heavy atom. The van der Waals surface area contributed by atoms with E-state index in [0.29, 0.717) is 19.1 Å². The molecule has 0 bridgehead atoms. The van der Waals surface area contributed by atoms with Gasteiger partial charge < -0.3 is 23.1 Å². The first-order chi connectivity index (χ1) is 14.0. The third-order valence-corrected chi connectivity index (χ3v) is 7.19. The van der Waals surface area contributed by atoms with E-state index < -0.39 is 14.7 Å². The van der Waals surface area contributed by atoms with Crippen molar-refractivity contribution in [1.82, 2.24) is 0 Å². The van der Waals surface area contributed by atoms with Gasteiger partial charge in [-0.2, -0.15) is 0 Å². The second-order valence-electron chi connectivity index (χ2n) is 8.42. The monoisotopic (exact) mass is 440 g/mol. The molecule has 0 aliphatic rings. The molecular weight excluding hydrogens is 400 g/mol. The molecule has 1 atom stereocenters. The van der Waals surface area contributed by atoms with Crippen molar-refractivity contribution in [3.63, 3.8) is 0 Å². The van der Waals surface area contributed by atoms with Gasteiger partial charge in [0.25, 0.3) is 0 Å². The van der Waals surface area contributed by atoms with Gasteiger partial charge in [-0.15, -0.1) is 0 Å². The summed E-state index contributed by atoms with van der Waals surface area (Å²) in [5.74, 6) is 0.448. The molecule has 6 nitrogen and oxygen atoms in total. The molecule has 30 heavy (non-hydrogen) atoms. The van der Waals surface area contributed by atoms with E-state index in [0.717, 1.165) is 16.9 Å². The smallest absolute Gasteiger partial charge is 0.340 e. The van der Waals surface area contributed by atoms with E-state index in [1.165, 1.54) is 7.11 Å². The van der Waals surface area contributed by atoms with Gasteiger partial charge in [-0.25, -0.2) is 4.79 Å². The first-order valence-electron chi connectivity index (χ1n) is 10.8. The Hall–Kier alpha value is -1.41. The summed E-state index contributed by atoms with van der Waals surface area (Å²) in [5.41, 5.74) is 2.01.